The Bertz CT molecular complexity index is 1190. The van der Waals surface area contributed by atoms with E-state index in [-0.39, 0.29) is 12.5 Å². The molecule has 33 heavy (non-hydrogen) atoms. The molecule has 11 heteroatoms. The van der Waals surface area contributed by atoms with Gasteiger partial charge in [-0.1, -0.05) is 36.1 Å². The van der Waals surface area contributed by atoms with Crippen molar-refractivity contribution in [2.45, 2.75) is 26.2 Å². The molecule has 4 rings (SSSR count). The van der Waals surface area contributed by atoms with Crippen LogP contribution in [0.4, 0.5) is 18.3 Å². The highest BCUT2D eigenvalue weighted by Crippen LogP contribution is 2.32. The van der Waals surface area contributed by atoms with Gasteiger partial charge in [-0.2, -0.15) is 18.3 Å². The fourth-order valence-electron chi connectivity index (χ4n) is 3.10. The van der Waals surface area contributed by atoms with Crippen molar-refractivity contribution in [3.8, 4) is 0 Å². The number of anilines is 1. The summed E-state index contributed by atoms with van der Waals surface area (Å²) in [6, 6.07) is 8.56. The van der Waals surface area contributed by atoms with E-state index in [0.717, 1.165) is 17.7 Å². The molecule has 3 aromatic rings. The second-order valence-corrected chi connectivity index (χ2v) is 8.20. The van der Waals surface area contributed by atoms with Crippen molar-refractivity contribution in [3.63, 3.8) is 0 Å². The predicted octanol–water partition coefficient (Wildman–Crippen LogP) is 4.53. The Hall–Kier alpha value is -3.73. The summed E-state index contributed by atoms with van der Waals surface area (Å²) in [4.78, 5) is 23.2. The summed E-state index contributed by atoms with van der Waals surface area (Å²) in [5.74, 6) is 0.231. The SMILES string of the molecule is C=C1N(Cc2ccc(C(F)(F)F)cc2)N=CN1c1nc(C)c(C(=O)NCc2cccnc2)s1. The van der Waals surface area contributed by atoms with Crippen molar-refractivity contribution in [1.82, 2.24) is 20.3 Å². The number of aryl methyl sites for hydroxylation is 1. The molecule has 0 saturated heterocycles. The molecule has 2 aromatic heterocycles. The zero-order valence-corrected chi connectivity index (χ0v) is 18.3. The summed E-state index contributed by atoms with van der Waals surface area (Å²) in [7, 11) is 0. The lowest BCUT2D eigenvalue weighted by Gasteiger charge is -2.20. The van der Waals surface area contributed by atoms with E-state index in [2.05, 4.69) is 27.0 Å². The van der Waals surface area contributed by atoms with Crippen LogP contribution < -0.4 is 10.2 Å². The molecular weight excluding hydrogens is 453 g/mol. The van der Waals surface area contributed by atoms with Gasteiger partial charge >= 0.3 is 6.18 Å². The third-order valence-electron chi connectivity index (χ3n) is 4.87. The van der Waals surface area contributed by atoms with E-state index >= 15 is 0 Å². The van der Waals surface area contributed by atoms with Crippen molar-refractivity contribution in [3.05, 3.63) is 88.5 Å². The highest BCUT2D eigenvalue weighted by molar-refractivity contribution is 7.17. The average Bonchev–Trinajstić information content (AvgIpc) is 3.35. The number of rotatable bonds is 6. The molecule has 1 aliphatic rings. The van der Waals surface area contributed by atoms with Gasteiger partial charge in [-0.25, -0.2) is 9.99 Å². The van der Waals surface area contributed by atoms with E-state index in [1.807, 2.05) is 6.07 Å². The average molecular weight is 472 g/mol. The molecule has 7 nitrogen and oxygen atoms in total. The number of carbonyl (C=O) groups is 1. The molecule has 0 saturated carbocycles. The van der Waals surface area contributed by atoms with Crippen LogP contribution in [0.5, 0.6) is 0 Å². The number of halogens is 3. The van der Waals surface area contributed by atoms with Crippen molar-refractivity contribution in [1.29, 1.82) is 0 Å². The summed E-state index contributed by atoms with van der Waals surface area (Å²) < 4.78 is 38.3. The van der Waals surface area contributed by atoms with Crippen molar-refractivity contribution < 1.29 is 18.0 Å². The summed E-state index contributed by atoms with van der Waals surface area (Å²) >= 11 is 1.20. The zero-order valence-electron chi connectivity index (χ0n) is 17.5. The van der Waals surface area contributed by atoms with Gasteiger partial charge in [0.15, 0.2) is 5.13 Å². The topological polar surface area (TPSA) is 73.7 Å². The van der Waals surface area contributed by atoms with E-state index in [1.165, 1.54) is 29.8 Å². The van der Waals surface area contributed by atoms with Gasteiger partial charge < -0.3 is 5.32 Å². The number of pyridine rings is 1. The minimum Gasteiger partial charge on any atom is -0.347 e. The maximum atomic E-state index is 12.8. The number of nitrogens with one attached hydrogen (secondary N) is 1. The first-order valence-corrected chi connectivity index (χ1v) is 10.6. The van der Waals surface area contributed by atoms with E-state index in [0.29, 0.717) is 33.6 Å². The quantitative estimate of drug-likeness (QED) is 0.571. The Morgan fingerprint density at radius 3 is 2.61 bits per heavy atom. The minimum atomic E-state index is -4.38. The van der Waals surface area contributed by atoms with Crippen molar-refractivity contribution in [2.75, 3.05) is 4.90 Å². The van der Waals surface area contributed by atoms with Crippen molar-refractivity contribution in [2.24, 2.45) is 5.10 Å². The van der Waals surface area contributed by atoms with Crippen LogP contribution >= 0.6 is 11.3 Å². The lowest BCUT2D eigenvalue weighted by atomic mass is 10.1. The van der Waals surface area contributed by atoms with Crippen LogP contribution in [0.1, 0.15) is 32.1 Å². The summed E-state index contributed by atoms with van der Waals surface area (Å²) in [6.07, 6.45) is 0.481. The van der Waals surface area contributed by atoms with E-state index in [4.69, 9.17) is 0 Å². The van der Waals surface area contributed by atoms with E-state index in [1.54, 1.807) is 35.3 Å². The number of hydrogen-bond acceptors (Lipinski definition) is 7. The first-order chi connectivity index (χ1) is 15.7. The van der Waals surface area contributed by atoms with Crippen LogP contribution in [0, 0.1) is 6.92 Å². The van der Waals surface area contributed by atoms with Gasteiger partial charge in [-0.05, 0) is 36.2 Å². The van der Waals surface area contributed by atoms with Gasteiger partial charge in [0.25, 0.3) is 5.91 Å². The van der Waals surface area contributed by atoms with Crippen LogP contribution in [0.3, 0.4) is 0 Å². The largest absolute Gasteiger partial charge is 0.416 e. The highest BCUT2D eigenvalue weighted by Gasteiger charge is 2.30. The van der Waals surface area contributed by atoms with Gasteiger partial charge in [-0.15, -0.1) is 0 Å². The molecule has 0 spiro atoms. The standard InChI is InChI=1S/C22H19F3N6OS/c1-14-19(20(32)27-11-17-4-3-9-26-10-17)33-21(29-14)30-13-28-31(15(30)2)12-16-5-7-18(8-6-16)22(23,24)25/h3-10,13H,2,11-12H2,1H3,(H,27,32). The van der Waals surface area contributed by atoms with Gasteiger partial charge in [-0.3, -0.25) is 14.7 Å². The fraction of sp³-hybridized carbons (Fsp3) is 0.182. The molecule has 1 N–H and O–H groups in total. The molecule has 170 valence electrons. The second kappa shape index (κ2) is 9.02. The zero-order chi connectivity index (χ0) is 23.6. The molecule has 0 atom stereocenters. The summed E-state index contributed by atoms with van der Waals surface area (Å²) in [5, 5.41) is 9.20. The molecular formula is C22H19F3N6OS. The number of thiazole rings is 1. The Morgan fingerprint density at radius 2 is 1.94 bits per heavy atom. The van der Waals surface area contributed by atoms with Crippen LogP contribution in [-0.2, 0) is 19.3 Å². The molecule has 0 unspecified atom stereocenters. The lowest BCUT2D eigenvalue weighted by Crippen LogP contribution is -2.23. The first-order valence-electron chi connectivity index (χ1n) is 9.83. The van der Waals surface area contributed by atoms with Crippen molar-refractivity contribution >= 4 is 28.7 Å². The smallest absolute Gasteiger partial charge is 0.347 e. The maximum absolute atomic E-state index is 12.8. The molecule has 0 aliphatic carbocycles. The predicted molar refractivity (Wildman–Crippen MR) is 119 cm³/mol. The Balaban J connectivity index is 1.40. The molecule has 0 radical (unpaired) electrons. The van der Waals surface area contributed by atoms with Gasteiger partial charge in [0, 0.05) is 18.9 Å². The molecule has 1 amide bonds. The maximum Gasteiger partial charge on any atom is 0.416 e. The van der Waals surface area contributed by atoms with E-state index in [9.17, 15) is 18.0 Å². The number of amides is 1. The Kier molecular flexibility index (Phi) is 6.14. The third kappa shape index (κ3) is 5.03. The molecule has 1 aromatic carbocycles. The van der Waals surface area contributed by atoms with Gasteiger partial charge in [0.05, 0.1) is 17.8 Å². The van der Waals surface area contributed by atoms with Gasteiger partial charge in [0.1, 0.15) is 17.0 Å². The fourth-order valence-corrected chi connectivity index (χ4v) is 4.07. The molecule has 3 heterocycles. The number of aromatic nitrogens is 2. The monoisotopic (exact) mass is 472 g/mol. The summed E-state index contributed by atoms with van der Waals surface area (Å²) in [6.45, 7) is 6.35. The lowest BCUT2D eigenvalue weighted by molar-refractivity contribution is -0.137. The third-order valence-corrected chi connectivity index (χ3v) is 6.03. The number of carbonyl (C=O) groups excluding carboxylic acids is 1. The van der Waals surface area contributed by atoms with Crippen LogP contribution in [0.2, 0.25) is 0 Å². The second-order valence-electron chi connectivity index (χ2n) is 7.22. The number of nitrogens with zero attached hydrogens (tertiary/aromatic N) is 5. The van der Waals surface area contributed by atoms with E-state index < -0.39 is 11.7 Å². The van der Waals surface area contributed by atoms with Gasteiger partial charge in [0.2, 0.25) is 0 Å². The Labute approximate surface area is 191 Å². The number of hydrogen-bond donors (Lipinski definition) is 1. The first kappa shape index (κ1) is 22.5. The minimum absolute atomic E-state index is 0.243. The number of benzene rings is 1. The summed E-state index contributed by atoms with van der Waals surface area (Å²) in [5.41, 5.74) is 1.39. The number of alkyl halides is 3. The normalized spacial score (nSPS) is 13.6. The molecule has 0 fully saturated rings. The Morgan fingerprint density at radius 1 is 1.18 bits per heavy atom. The molecule has 1 aliphatic heterocycles. The number of hydrazone groups is 1. The highest BCUT2D eigenvalue weighted by atomic mass is 32.1. The van der Waals surface area contributed by atoms with Crippen LogP contribution in [0.15, 0.2) is 66.3 Å². The molecule has 0 bridgehead atoms. The van der Waals surface area contributed by atoms with Crippen LogP contribution in [-0.4, -0.2) is 27.2 Å². The van der Waals surface area contributed by atoms with Crippen LogP contribution in [0.25, 0.3) is 0 Å².